The average Bonchev–Trinajstić information content (AvgIpc) is 2.37. The first-order chi connectivity index (χ1) is 8.97. The maximum atomic E-state index is 12.5. The van der Waals surface area contributed by atoms with Crippen LogP contribution in [0.15, 0.2) is 0 Å². The first-order valence-corrected chi connectivity index (χ1v) is 7.45. The normalized spacial score (nSPS) is 37.3. The van der Waals surface area contributed by atoms with Gasteiger partial charge < -0.3 is 10.4 Å². The lowest BCUT2D eigenvalue weighted by molar-refractivity contribution is -0.182. The lowest BCUT2D eigenvalue weighted by atomic mass is 9.84. The van der Waals surface area contributed by atoms with Crippen LogP contribution in [-0.2, 0) is 0 Å². The average molecular weight is 279 g/mol. The molecule has 2 saturated carbocycles. The minimum atomic E-state index is -4.02. The van der Waals surface area contributed by atoms with Gasteiger partial charge in [-0.2, -0.15) is 13.2 Å². The summed E-state index contributed by atoms with van der Waals surface area (Å²) in [5.41, 5.74) is 0. The summed E-state index contributed by atoms with van der Waals surface area (Å²) >= 11 is 0. The number of halogens is 3. The van der Waals surface area contributed by atoms with E-state index in [1.54, 1.807) is 0 Å². The van der Waals surface area contributed by atoms with Crippen molar-refractivity contribution in [1.29, 1.82) is 0 Å². The van der Waals surface area contributed by atoms with E-state index >= 15 is 0 Å². The van der Waals surface area contributed by atoms with E-state index in [0.29, 0.717) is 12.8 Å². The van der Waals surface area contributed by atoms with Crippen molar-refractivity contribution >= 4 is 0 Å². The van der Waals surface area contributed by atoms with Crippen molar-refractivity contribution < 1.29 is 18.3 Å². The topological polar surface area (TPSA) is 32.3 Å². The van der Waals surface area contributed by atoms with E-state index in [-0.39, 0.29) is 30.9 Å². The van der Waals surface area contributed by atoms with Crippen LogP contribution in [0, 0.1) is 11.8 Å². The fourth-order valence-electron chi connectivity index (χ4n) is 3.37. The molecule has 5 heteroatoms. The van der Waals surface area contributed by atoms with Gasteiger partial charge in [0.05, 0.1) is 12.0 Å². The molecule has 19 heavy (non-hydrogen) atoms. The summed E-state index contributed by atoms with van der Waals surface area (Å²) in [6, 6.07) is 0.202. The zero-order valence-corrected chi connectivity index (χ0v) is 11.3. The second kappa shape index (κ2) is 6.44. The molecule has 0 aromatic rings. The summed E-state index contributed by atoms with van der Waals surface area (Å²) in [6.07, 6.45) is 1.60. The highest BCUT2D eigenvalue weighted by Crippen LogP contribution is 2.37. The zero-order chi connectivity index (χ0) is 13.9. The van der Waals surface area contributed by atoms with Crippen LogP contribution in [0.4, 0.5) is 13.2 Å². The molecule has 2 nitrogen and oxygen atoms in total. The lowest BCUT2D eigenvalue weighted by Gasteiger charge is -2.33. The van der Waals surface area contributed by atoms with Gasteiger partial charge in [-0.05, 0) is 44.4 Å². The molecule has 112 valence electrons. The molecule has 0 aromatic heterocycles. The molecule has 0 saturated heterocycles. The molecule has 0 spiro atoms. The predicted octanol–water partition coefficient (Wildman–Crippen LogP) is 3.25. The number of hydrogen-bond acceptors (Lipinski definition) is 2. The number of aliphatic hydroxyl groups excluding tert-OH is 1. The summed E-state index contributed by atoms with van der Waals surface area (Å²) in [6.45, 7) is 0.752. The summed E-state index contributed by atoms with van der Waals surface area (Å²) in [5.74, 6) is -0.820. The molecule has 2 unspecified atom stereocenters. The Labute approximate surface area is 112 Å². The van der Waals surface area contributed by atoms with E-state index < -0.39 is 12.1 Å². The number of nitrogens with one attached hydrogen (secondary N) is 1. The summed E-state index contributed by atoms with van der Waals surface area (Å²) in [5, 5.41) is 13.2. The predicted molar refractivity (Wildman–Crippen MR) is 67.8 cm³/mol. The fraction of sp³-hybridized carbons (Fsp3) is 1.00. The van der Waals surface area contributed by atoms with Gasteiger partial charge in [-0.3, -0.25) is 0 Å². The van der Waals surface area contributed by atoms with Crippen molar-refractivity contribution in [3.63, 3.8) is 0 Å². The highest BCUT2D eigenvalue weighted by Gasteiger charge is 2.41. The van der Waals surface area contributed by atoms with Gasteiger partial charge in [0.2, 0.25) is 0 Å². The molecule has 2 aliphatic carbocycles. The third kappa shape index (κ3) is 4.35. The third-order valence-electron chi connectivity index (χ3n) is 4.73. The van der Waals surface area contributed by atoms with Crippen molar-refractivity contribution in [3.05, 3.63) is 0 Å². The minimum Gasteiger partial charge on any atom is -0.393 e. The van der Waals surface area contributed by atoms with Gasteiger partial charge in [0.25, 0.3) is 0 Å². The van der Waals surface area contributed by atoms with Crippen molar-refractivity contribution in [3.8, 4) is 0 Å². The molecule has 0 aliphatic heterocycles. The largest absolute Gasteiger partial charge is 0.393 e. The van der Waals surface area contributed by atoms with Crippen LogP contribution in [0.3, 0.4) is 0 Å². The Morgan fingerprint density at radius 1 is 0.947 bits per heavy atom. The molecular weight excluding hydrogens is 255 g/mol. The van der Waals surface area contributed by atoms with Gasteiger partial charge >= 0.3 is 6.18 Å². The molecule has 0 bridgehead atoms. The fourth-order valence-corrected chi connectivity index (χ4v) is 3.37. The SMILES string of the molecule is OC1CCCCC1CNC1CCC(C(F)(F)F)CC1. The van der Waals surface area contributed by atoms with Crippen molar-refractivity contribution in [2.75, 3.05) is 6.54 Å². The number of rotatable bonds is 3. The third-order valence-corrected chi connectivity index (χ3v) is 4.73. The van der Waals surface area contributed by atoms with E-state index in [4.69, 9.17) is 0 Å². The van der Waals surface area contributed by atoms with Crippen LogP contribution in [0.25, 0.3) is 0 Å². The summed E-state index contributed by atoms with van der Waals surface area (Å²) < 4.78 is 37.6. The van der Waals surface area contributed by atoms with Crippen molar-refractivity contribution in [2.24, 2.45) is 11.8 Å². The zero-order valence-electron chi connectivity index (χ0n) is 11.3. The van der Waals surface area contributed by atoms with Gasteiger partial charge in [-0.25, -0.2) is 0 Å². The Hall–Kier alpha value is -0.290. The van der Waals surface area contributed by atoms with Gasteiger partial charge in [0.1, 0.15) is 0 Å². The molecule has 0 radical (unpaired) electrons. The Kier molecular flexibility index (Phi) is 5.12. The van der Waals surface area contributed by atoms with Crippen LogP contribution in [-0.4, -0.2) is 30.0 Å². The number of aliphatic hydroxyl groups is 1. The number of hydrogen-bond donors (Lipinski definition) is 2. The minimum absolute atomic E-state index is 0.202. The van der Waals surface area contributed by atoms with Crippen LogP contribution in [0.1, 0.15) is 51.4 Å². The van der Waals surface area contributed by atoms with E-state index in [2.05, 4.69) is 5.32 Å². The van der Waals surface area contributed by atoms with Crippen LogP contribution < -0.4 is 5.32 Å². The Bertz CT molecular complexity index is 274. The first kappa shape index (κ1) is 15.1. The molecule has 2 N–H and O–H groups in total. The second-order valence-corrected chi connectivity index (χ2v) is 6.11. The monoisotopic (exact) mass is 279 g/mol. The van der Waals surface area contributed by atoms with E-state index in [0.717, 1.165) is 32.2 Å². The summed E-state index contributed by atoms with van der Waals surface area (Å²) in [7, 11) is 0. The summed E-state index contributed by atoms with van der Waals surface area (Å²) in [4.78, 5) is 0. The molecular formula is C14H24F3NO. The molecule has 2 atom stereocenters. The van der Waals surface area contributed by atoms with E-state index in [1.807, 2.05) is 0 Å². The number of alkyl halides is 3. The van der Waals surface area contributed by atoms with Crippen LogP contribution in [0.5, 0.6) is 0 Å². The highest BCUT2D eigenvalue weighted by molar-refractivity contribution is 4.83. The maximum Gasteiger partial charge on any atom is 0.391 e. The van der Waals surface area contributed by atoms with Crippen molar-refractivity contribution in [1.82, 2.24) is 5.32 Å². The van der Waals surface area contributed by atoms with Crippen LogP contribution >= 0.6 is 0 Å². The van der Waals surface area contributed by atoms with E-state index in [9.17, 15) is 18.3 Å². The standard InChI is InChI=1S/C14H24F3NO/c15-14(16,17)11-5-7-12(8-6-11)18-9-10-3-1-2-4-13(10)19/h10-13,18-19H,1-9H2. The van der Waals surface area contributed by atoms with Gasteiger partial charge in [0, 0.05) is 12.6 Å². The lowest BCUT2D eigenvalue weighted by Crippen LogP contribution is -2.41. The molecule has 2 rings (SSSR count). The molecule has 0 amide bonds. The molecule has 2 aliphatic rings. The quantitative estimate of drug-likeness (QED) is 0.831. The van der Waals surface area contributed by atoms with Gasteiger partial charge in [0.15, 0.2) is 0 Å². The molecule has 2 fully saturated rings. The maximum absolute atomic E-state index is 12.5. The Morgan fingerprint density at radius 3 is 2.16 bits per heavy atom. The Morgan fingerprint density at radius 2 is 1.58 bits per heavy atom. The second-order valence-electron chi connectivity index (χ2n) is 6.11. The smallest absolute Gasteiger partial charge is 0.391 e. The molecule has 0 aromatic carbocycles. The van der Waals surface area contributed by atoms with Crippen LogP contribution in [0.2, 0.25) is 0 Å². The van der Waals surface area contributed by atoms with E-state index in [1.165, 1.54) is 0 Å². The molecule has 0 heterocycles. The van der Waals surface area contributed by atoms with Crippen molar-refractivity contribution in [2.45, 2.75) is 69.7 Å². The highest BCUT2D eigenvalue weighted by atomic mass is 19.4. The Balaban J connectivity index is 1.68. The first-order valence-electron chi connectivity index (χ1n) is 7.45. The van der Waals surface area contributed by atoms with Gasteiger partial charge in [-0.15, -0.1) is 0 Å². The van der Waals surface area contributed by atoms with Gasteiger partial charge in [-0.1, -0.05) is 12.8 Å².